The molecule has 3 rings (SSSR count). The van der Waals surface area contributed by atoms with E-state index in [0.717, 1.165) is 24.2 Å². The Morgan fingerprint density at radius 1 is 1.38 bits per heavy atom. The van der Waals surface area contributed by atoms with E-state index in [0.29, 0.717) is 19.3 Å². The lowest BCUT2D eigenvalue weighted by Gasteiger charge is -2.28. The molecule has 26 heavy (non-hydrogen) atoms. The van der Waals surface area contributed by atoms with Gasteiger partial charge in [-0.15, -0.1) is 0 Å². The van der Waals surface area contributed by atoms with Gasteiger partial charge in [0.15, 0.2) is 5.13 Å². The Hall–Kier alpha value is -2.79. The lowest BCUT2D eigenvalue weighted by molar-refractivity contribution is -0.141. The summed E-state index contributed by atoms with van der Waals surface area (Å²) in [5.74, 6) is -1.26. The molecule has 1 saturated carbocycles. The van der Waals surface area contributed by atoms with Gasteiger partial charge < -0.3 is 10.1 Å². The Morgan fingerprint density at radius 2 is 2.15 bits per heavy atom. The minimum atomic E-state index is -0.487. The quantitative estimate of drug-likeness (QED) is 0.810. The average Bonchev–Trinajstić information content (AvgIpc) is 3.05. The molecular formula is C18H16FN3O3S. The second-order valence-corrected chi connectivity index (χ2v) is 6.94. The maximum absolute atomic E-state index is 14.0. The van der Waals surface area contributed by atoms with Crippen molar-refractivity contribution >= 4 is 28.8 Å². The molecule has 0 spiro atoms. The number of nitrogens with zero attached hydrogens (tertiary/aromatic N) is 2. The number of thiazole rings is 1. The molecule has 0 saturated heterocycles. The predicted molar refractivity (Wildman–Crippen MR) is 93.7 cm³/mol. The number of nitrogens with one attached hydrogen (secondary N) is 1. The number of rotatable bonds is 5. The Bertz CT molecular complexity index is 862. The van der Waals surface area contributed by atoms with Gasteiger partial charge in [-0.1, -0.05) is 29.9 Å². The molecule has 1 aromatic carbocycles. The van der Waals surface area contributed by atoms with E-state index in [-0.39, 0.29) is 27.2 Å². The molecule has 2 unspecified atom stereocenters. The number of hydrogen-bond donors (Lipinski definition) is 1. The van der Waals surface area contributed by atoms with Gasteiger partial charge >= 0.3 is 0 Å². The van der Waals surface area contributed by atoms with Crippen molar-refractivity contribution in [1.29, 1.82) is 5.26 Å². The Kier molecular flexibility index (Phi) is 5.58. The van der Waals surface area contributed by atoms with E-state index in [4.69, 9.17) is 4.74 Å². The predicted octanol–water partition coefficient (Wildman–Crippen LogP) is 3.49. The number of carbonyl (C=O) groups excluding carboxylic acids is 2. The van der Waals surface area contributed by atoms with Crippen molar-refractivity contribution < 1.29 is 18.7 Å². The molecule has 2 aromatic rings. The first-order chi connectivity index (χ1) is 12.6. The minimum absolute atomic E-state index is 0.204. The Labute approximate surface area is 153 Å². The van der Waals surface area contributed by atoms with Crippen LogP contribution in [0.15, 0.2) is 24.3 Å². The second-order valence-electron chi connectivity index (χ2n) is 5.94. The molecule has 8 heteroatoms. The van der Waals surface area contributed by atoms with Crippen LogP contribution in [0.3, 0.4) is 0 Å². The Balaban J connectivity index is 1.82. The first-order valence-corrected chi connectivity index (χ1v) is 9.01. The van der Waals surface area contributed by atoms with Crippen LogP contribution in [-0.2, 0) is 14.3 Å². The number of benzene rings is 1. The molecule has 0 bridgehead atoms. The summed E-state index contributed by atoms with van der Waals surface area (Å²) in [5.41, 5.74) is 0.413. The highest BCUT2D eigenvalue weighted by Gasteiger charge is 2.33. The van der Waals surface area contributed by atoms with Crippen LogP contribution >= 0.6 is 11.3 Å². The van der Waals surface area contributed by atoms with Crippen LogP contribution < -0.4 is 5.32 Å². The first-order valence-electron chi connectivity index (χ1n) is 8.20. The molecule has 0 radical (unpaired) electrons. The molecule has 1 N–H and O–H groups in total. The summed E-state index contributed by atoms with van der Waals surface area (Å²) in [4.78, 5) is 27.7. The number of nitriles is 1. The third kappa shape index (κ3) is 3.73. The SMILES string of the molecule is N#Cc1sc(NC(=O)C2CCCCC2OC=O)nc1-c1ccccc1F. The lowest BCUT2D eigenvalue weighted by atomic mass is 9.86. The molecule has 1 aliphatic rings. The van der Waals surface area contributed by atoms with Crippen LogP contribution in [0, 0.1) is 23.1 Å². The molecule has 134 valence electrons. The van der Waals surface area contributed by atoms with E-state index >= 15 is 0 Å². The van der Waals surface area contributed by atoms with Crippen LogP contribution in [0.2, 0.25) is 0 Å². The highest BCUT2D eigenvalue weighted by molar-refractivity contribution is 7.16. The van der Waals surface area contributed by atoms with E-state index in [1.54, 1.807) is 12.1 Å². The molecule has 1 aliphatic carbocycles. The first kappa shape index (κ1) is 18.0. The van der Waals surface area contributed by atoms with Gasteiger partial charge in [0.2, 0.25) is 5.91 Å². The number of amides is 1. The van der Waals surface area contributed by atoms with Gasteiger partial charge in [-0.3, -0.25) is 9.59 Å². The molecular weight excluding hydrogens is 357 g/mol. The molecule has 1 amide bonds. The molecule has 0 aliphatic heterocycles. The zero-order chi connectivity index (χ0) is 18.5. The standard InChI is InChI=1S/C18H16FN3O3S/c19-13-7-3-1-5-11(13)16-15(9-20)26-18(21-16)22-17(24)12-6-2-4-8-14(12)25-10-23/h1,3,5,7,10,12,14H,2,4,6,8H2,(H,21,22,24). The highest BCUT2D eigenvalue weighted by Crippen LogP contribution is 2.33. The van der Waals surface area contributed by atoms with Crippen LogP contribution in [0.4, 0.5) is 9.52 Å². The summed E-state index contributed by atoms with van der Waals surface area (Å²) in [6.07, 6.45) is 2.57. The van der Waals surface area contributed by atoms with E-state index in [1.807, 2.05) is 6.07 Å². The largest absolute Gasteiger partial charge is 0.464 e. The number of aromatic nitrogens is 1. The smallest absolute Gasteiger partial charge is 0.293 e. The Morgan fingerprint density at radius 3 is 2.88 bits per heavy atom. The third-order valence-electron chi connectivity index (χ3n) is 4.36. The maximum atomic E-state index is 14.0. The van der Waals surface area contributed by atoms with E-state index in [2.05, 4.69) is 10.3 Å². The van der Waals surface area contributed by atoms with Crippen molar-refractivity contribution in [3.05, 3.63) is 35.0 Å². The summed E-state index contributed by atoms with van der Waals surface area (Å²) >= 11 is 0.989. The number of anilines is 1. The maximum Gasteiger partial charge on any atom is 0.293 e. The fourth-order valence-electron chi connectivity index (χ4n) is 3.11. The normalized spacial score (nSPS) is 19.4. The number of hydrogen-bond acceptors (Lipinski definition) is 6. The zero-order valence-electron chi connectivity index (χ0n) is 13.8. The highest BCUT2D eigenvalue weighted by atomic mass is 32.1. The lowest BCUT2D eigenvalue weighted by Crippen LogP contribution is -2.36. The van der Waals surface area contributed by atoms with Gasteiger partial charge in [0, 0.05) is 5.56 Å². The third-order valence-corrected chi connectivity index (χ3v) is 5.23. The van der Waals surface area contributed by atoms with Crippen molar-refractivity contribution in [3.63, 3.8) is 0 Å². The monoisotopic (exact) mass is 373 g/mol. The van der Waals surface area contributed by atoms with Gasteiger partial charge in [0.25, 0.3) is 6.47 Å². The van der Waals surface area contributed by atoms with Gasteiger partial charge in [-0.25, -0.2) is 9.37 Å². The van der Waals surface area contributed by atoms with Crippen molar-refractivity contribution in [2.45, 2.75) is 31.8 Å². The summed E-state index contributed by atoms with van der Waals surface area (Å²) in [7, 11) is 0. The van der Waals surface area contributed by atoms with Gasteiger partial charge in [0.05, 0.1) is 5.92 Å². The number of carbonyl (C=O) groups is 2. The average molecular weight is 373 g/mol. The molecule has 1 aromatic heterocycles. The number of halogens is 1. The van der Waals surface area contributed by atoms with Crippen molar-refractivity contribution in [1.82, 2.24) is 4.98 Å². The summed E-state index contributed by atoms with van der Waals surface area (Å²) in [6.45, 7) is 0.365. The topological polar surface area (TPSA) is 92.1 Å². The summed E-state index contributed by atoms with van der Waals surface area (Å²) in [5, 5.41) is 12.2. The van der Waals surface area contributed by atoms with Crippen molar-refractivity contribution in [2.24, 2.45) is 5.92 Å². The van der Waals surface area contributed by atoms with Crippen LogP contribution in [-0.4, -0.2) is 23.5 Å². The minimum Gasteiger partial charge on any atom is -0.464 e. The van der Waals surface area contributed by atoms with E-state index in [1.165, 1.54) is 12.1 Å². The van der Waals surface area contributed by atoms with Gasteiger partial charge in [-0.05, 0) is 31.4 Å². The molecule has 6 nitrogen and oxygen atoms in total. The van der Waals surface area contributed by atoms with Crippen LogP contribution in [0.25, 0.3) is 11.3 Å². The fourth-order valence-corrected chi connectivity index (χ4v) is 3.89. The molecule has 1 heterocycles. The molecule has 2 atom stereocenters. The van der Waals surface area contributed by atoms with Crippen LogP contribution in [0.5, 0.6) is 0 Å². The number of ether oxygens (including phenoxy) is 1. The summed E-state index contributed by atoms with van der Waals surface area (Å²) < 4.78 is 19.0. The van der Waals surface area contributed by atoms with Crippen molar-refractivity contribution in [2.75, 3.05) is 5.32 Å². The fraction of sp³-hybridized carbons (Fsp3) is 0.333. The zero-order valence-corrected chi connectivity index (χ0v) is 14.6. The molecule has 1 fully saturated rings. The second kappa shape index (κ2) is 8.06. The van der Waals surface area contributed by atoms with E-state index < -0.39 is 17.8 Å². The summed E-state index contributed by atoms with van der Waals surface area (Å²) in [6, 6.07) is 8.02. The van der Waals surface area contributed by atoms with Crippen LogP contribution in [0.1, 0.15) is 30.6 Å². The van der Waals surface area contributed by atoms with Gasteiger partial charge in [-0.2, -0.15) is 5.26 Å². The van der Waals surface area contributed by atoms with E-state index in [9.17, 15) is 19.2 Å². The van der Waals surface area contributed by atoms with Gasteiger partial charge in [0.1, 0.15) is 28.6 Å². The van der Waals surface area contributed by atoms with Crippen molar-refractivity contribution in [3.8, 4) is 17.3 Å².